The minimum Gasteiger partial charge on any atom is -0.339 e. The van der Waals surface area contributed by atoms with Crippen molar-refractivity contribution in [3.8, 4) is 0 Å². The summed E-state index contributed by atoms with van der Waals surface area (Å²) in [5, 5.41) is 5.06. The SMILES string of the molecule is Cc1cnc(C(=O)N[C@H]2CCCCC/C=C\[C@@H]3C[C@@]3(C(=O)NS(=O)(=O)C3CC3)NC(=O)[C@@H]3CCCN3C2=O)cn1. The van der Waals surface area contributed by atoms with Crippen LogP contribution in [0.15, 0.2) is 24.5 Å². The fraction of sp³-hybridized carbons (Fsp3) is 0.630. The second-order valence-electron chi connectivity index (χ2n) is 11.3. The number of sulfonamides is 1. The molecule has 0 aromatic carbocycles. The van der Waals surface area contributed by atoms with E-state index < -0.39 is 50.6 Å². The molecule has 13 heteroatoms. The Morgan fingerprint density at radius 2 is 1.85 bits per heavy atom. The molecule has 12 nitrogen and oxygen atoms in total. The van der Waals surface area contributed by atoms with Crippen LogP contribution in [0.3, 0.4) is 0 Å². The molecule has 4 aliphatic rings. The summed E-state index contributed by atoms with van der Waals surface area (Å²) in [4.78, 5) is 63.1. The van der Waals surface area contributed by atoms with E-state index in [-0.39, 0.29) is 23.9 Å². The van der Waals surface area contributed by atoms with Crippen LogP contribution in [-0.4, -0.2) is 76.3 Å². The van der Waals surface area contributed by atoms with E-state index in [2.05, 4.69) is 25.3 Å². The van der Waals surface area contributed by atoms with E-state index in [9.17, 15) is 27.6 Å². The Labute approximate surface area is 233 Å². The van der Waals surface area contributed by atoms with Crippen molar-refractivity contribution < 1.29 is 27.6 Å². The van der Waals surface area contributed by atoms with Gasteiger partial charge >= 0.3 is 0 Å². The van der Waals surface area contributed by atoms with E-state index in [0.717, 1.165) is 19.3 Å². The van der Waals surface area contributed by atoms with Crippen LogP contribution in [0.4, 0.5) is 0 Å². The molecule has 4 amide bonds. The van der Waals surface area contributed by atoms with Crippen LogP contribution in [0.5, 0.6) is 0 Å². The molecule has 1 saturated heterocycles. The maximum Gasteiger partial charge on any atom is 0.272 e. The van der Waals surface area contributed by atoms with Crippen molar-refractivity contribution in [2.24, 2.45) is 5.92 Å². The van der Waals surface area contributed by atoms with Crippen LogP contribution in [0.25, 0.3) is 0 Å². The molecular weight excluding hydrogens is 536 g/mol. The standard InChI is InChI=1S/C27H36N6O6S/c1-17-15-29-21(16-28-17)23(34)30-20-9-6-4-2-3-5-8-18-14-27(18,26(37)32-40(38,39)19-11-12-19)31-24(35)22-10-7-13-33(22)25(20)36/h5,8,15-16,18-20,22H,2-4,6-7,9-14H2,1H3,(H,30,34)(H,31,35)(H,32,37)/b8-5-/t18-,20+,22+,27-/m1/s1. The van der Waals surface area contributed by atoms with Gasteiger partial charge in [0.05, 0.1) is 17.1 Å². The van der Waals surface area contributed by atoms with Crippen molar-refractivity contribution in [2.45, 2.75) is 94.0 Å². The van der Waals surface area contributed by atoms with Crippen molar-refractivity contribution in [1.29, 1.82) is 0 Å². The van der Waals surface area contributed by atoms with Gasteiger partial charge in [0, 0.05) is 18.7 Å². The smallest absolute Gasteiger partial charge is 0.272 e. The molecule has 0 radical (unpaired) electrons. The fourth-order valence-corrected chi connectivity index (χ4v) is 6.88. The van der Waals surface area contributed by atoms with Crippen LogP contribution in [0, 0.1) is 12.8 Å². The zero-order chi connectivity index (χ0) is 28.5. The number of carbonyl (C=O) groups excluding carboxylic acids is 4. The zero-order valence-corrected chi connectivity index (χ0v) is 23.4. The highest BCUT2D eigenvalue weighted by Gasteiger charge is 2.61. The number of hydrogen-bond acceptors (Lipinski definition) is 8. The molecular formula is C27H36N6O6S. The third kappa shape index (κ3) is 6.03. The van der Waals surface area contributed by atoms with Crippen LogP contribution in [0.1, 0.15) is 80.4 Å². The van der Waals surface area contributed by atoms with Gasteiger partial charge in [0.1, 0.15) is 23.3 Å². The van der Waals surface area contributed by atoms with Gasteiger partial charge in [-0.05, 0) is 58.3 Å². The lowest BCUT2D eigenvalue weighted by molar-refractivity contribution is -0.141. The van der Waals surface area contributed by atoms with Crippen LogP contribution in [0.2, 0.25) is 0 Å². The summed E-state index contributed by atoms with van der Waals surface area (Å²) in [6.45, 7) is 2.10. The summed E-state index contributed by atoms with van der Waals surface area (Å²) in [5.74, 6) is -2.43. The molecule has 2 aliphatic carbocycles. The minimum atomic E-state index is -3.79. The van der Waals surface area contributed by atoms with Gasteiger partial charge in [0.25, 0.3) is 11.8 Å². The van der Waals surface area contributed by atoms with Crippen molar-refractivity contribution >= 4 is 33.7 Å². The molecule has 1 aromatic rings. The molecule has 0 unspecified atom stereocenters. The number of nitrogens with zero attached hydrogens (tertiary/aromatic N) is 3. The number of carbonyl (C=O) groups is 4. The van der Waals surface area contributed by atoms with Crippen molar-refractivity contribution in [1.82, 2.24) is 30.2 Å². The molecule has 4 atom stereocenters. The van der Waals surface area contributed by atoms with E-state index >= 15 is 0 Å². The molecule has 5 rings (SSSR count). The molecule has 216 valence electrons. The van der Waals surface area contributed by atoms with Gasteiger partial charge in [-0.1, -0.05) is 25.0 Å². The number of amides is 4. The molecule has 3 fully saturated rings. The second-order valence-corrected chi connectivity index (χ2v) is 13.2. The van der Waals surface area contributed by atoms with Gasteiger partial charge in [-0.15, -0.1) is 0 Å². The number of allylic oxidation sites excluding steroid dienone is 1. The first-order valence-corrected chi connectivity index (χ1v) is 15.6. The lowest BCUT2D eigenvalue weighted by Gasteiger charge is -2.30. The number of fused-ring (bicyclic) bond motifs is 2. The average molecular weight is 573 g/mol. The highest BCUT2D eigenvalue weighted by molar-refractivity contribution is 7.91. The monoisotopic (exact) mass is 572 g/mol. The Balaban J connectivity index is 1.35. The van der Waals surface area contributed by atoms with E-state index in [0.29, 0.717) is 50.8 Å². The summed E-state index contributed by atoms with van der Waals surface area (Å²) in [6, 6.07) is -1.68. The van der Waals surface area contributed by atoms with Crippen LogP contribution >= 0.6 is 0 Å². The largest absolute Gasteiger partial charge is 0.339 e. The van der Waals surface area contributed by atoms with Crippen molar-refractivity contribution in [2.75, 3.05) is 6.54 Å². The van der Waals surface area contributed by atoms with Gasteiger partial charge in [-0.2, -0.15) is 0 Å². The van der Waals surface area contributed by atoms with Crippen LogP contribution < -0.4 is 15.4 Å². The molecule has 0 spiro atoms. The molecule has 2 saturated carbocycles. The maximum absolute atomic E-state index is 13.7. The van der Waals surface area contributed by atoms with Gasteiger partial charge in [0.15, 0.2) is 0 Å². The molecule has 3 N–H and O–H groups in total. The first kappa shape index (κ1) is 28.2. The second kappa shape index (κ2) is 11.3. The van der Waals surface area contributed by atoms with Crippen molar-refractivity contribution in [3.05, 3.63) is 35.9 Å². The Morgan fingerprint density at radius 1 is 1.05 bits per heavy atom. The predicted molar refractivity (Wildman–Crippen MR) is 144 cm³/mol. The molecule has 3 heterocycles. The number of rotatable bonds is 5. The Morgan fingerprint density at radius 3 is 2.58 bits per heavy atom. The summed E-state index contributed by atoms with van der Waals surface area (Å²) >= 11 is 0. The first-order valence-electron chi connectivity index (χ1n) is 14.1. The summed E-state index contributed by atoms with van der Waals surface area (Å²) in [6.07, 6.45) is 12.5. The van der Waals surface area contributed by atoms with Gasteiger partial charge < -0.3 is 15.5 Å². The van der Waals surface area contributed by atoms with Gasteiger partial charge in [-0.3, -0.25) is 28.9 Å². The first-order chi connectivity index (χ1) is 19.1. The zero-order valence-electron chi connectivity index (χ0n) is 22.6. The molecule has 1 aromatic heterocycles. The average Bonchev–Trinajstić information content (AvgIpc) is 3.83. The fourth-order valence-electron chi connectivity index (χ4n) is 5.52. The maximum atomic E-state index is 13.7. The Hall–Kier alpha value is -3.35. The van der Waals surface area contributed by atoms with Gasteiger partial charge in [-0.25, -0.2) is 13.4 Å². The lowest BCUT2D eigenvalue weighted by Crippen LogP contribution is -2.58. The number of nitrogens with one attached hydrogen (secondary N) is 3. The van der Waals surface area contributed by atoms with E-state index in [1.807, 2.05) is 12.2 Å². The summed E-state index contributed by atoms with van der Waals surface area (Å²) in [5.41, 5.74) is -0.606. The van der Waals surface area contributed by atoms with E-state index in [1.165, 1.54) is 17.3 Å². The summed E-state index contributed by atoms with van der Waals surface area (Å²) in [7, 11) is -3.79. The lowest BCUT2D eigenvalue weighted by atomic mass is 10.0. The number of aryl methyl sites for hydroxylation is 1. The number of aromatic nitrogens is 2. The molecule has 0 bridgehead atoms. The van der Waals surface area contributed by atoms with Crippen molar-refractivity contribution in [3.63, 3.8) is 0 Å². The van der Waals surface area contributed by atoms with Crippen LogP contribution in [-0.2, 0) is 24.4 Å². The Kier molecular flexibility index (Phi) is 7.94. The normalized spacial score (nSPS) is 30.1. The third-order valence-corrected chi connectivity index (χ3v) is 9.97. The predicted octanol–water partition coefficient (Wildman–Crippen LogP) is 0.878. The highest BCUT2D eigenvalue weighted by atomic mass is 32.2. The van der Waals surface area contributed by atoms with E-state index in [1.54, 1.807) is 6.92 Å². The van der Waals surface area contributed by atoms with Gasteiger partial charge in [0.2, 0.25) is 21.8 Å². The minimum absolute atomic E-state index is 0.101. The number of hydrogen-bond donors (Lipinski definition) is 3. The molecule has 40 heavy (non-hydrogen) atoms. The van der Waals surface area contributed by atoms with E-state index in [4.69, 9.17) is 0 Å². The topological polar surface area (TPSA) is 168 Å². The quantitative estimate of drug-likeness (QED) is 0.437. The summed E-state index contributed by atoms with van der Waals surface area (Å²) < 4.78 is 27.2. The molecule has 2 aliphatic heterocycles. The third-order valence-electron chi connectivity index (χ3n) is 8.15. The Bertz CT molecular complexity index is 1310. The highest BCUT2D eigenvalue weighted by Crippen LogP contribution is 2.46.